The maximum Gasteiger partial charge on any atom is 0.249 e. The maximum absolute atomic E-state index is 12.4. The molecule has 108 valence electrons. The minimum absolute atomic E-state index is 0.0445. The Hall–Kier alpha value is -2.35. The van der Waals surface area contributed by atoms with Crippen LogP contribution < -0.4 is 10.6 Å². The second kappa shape index (κ2) is 5.57. The van der Waals surface area contributed by atoms with Crippen molar-refractivity contribution in [1.82, 2.24) is 14.8 Å². The topological polar surface area (TPSA) is 88.9 Å². The Morgan fingerprint density at radius 1 is 1.43 bits per heavy atom. The number of benzene rings is 1. The Morgan fingerprint density at radius 3 is 2.90 bits per heavy atom. The number of anilines is 2. The van der Waals surface area contributed by atoms with Crippen LogP contribution in [0.2, 0.25) is 0 Å². The Labute approximate surface area is 125 Å². The van der Waals surface area contributed by atoms with E-state index in [0.717, 1.165) is 0 Å². The summed E-state index contributed by atoms with van der Waals surface area (Å²) >= 11 is 1.36. The molecule has 0 radical (unpaired) electrons. The van der Waals surface area contributed by atoms with Gasteiger partial charge < -0.3 is 5.32 Å². The summed E-state index contributed by atoms with van der Waals surface area (Å²) in [6, 6.07) is 8.41. The fourth-order valence-corrected chi connectivity index (χ4v) is 2.43. The predicted octanol–water partition coefficient (Wildman–Crippen LogP) is 1.52. The minimum atomic E-state index is -0.692. The number of hydrogen-bond donors (Lipinski definition) is 2. The van der Waals surface area contributed by atoms with Gasteiger partial charge in [0.1, 0.15) is 6.04 Å². The van der Waals surface area contributed by atoms with Crippen LogP contribution in [-0.4, -0.2) is 32.8 Å². The molecule has 3 rings (SSSR count). The zero-order chi connectivity index (χ0) is 14.8. The van der Waals surface area contributed by atoms with Gasteiger partial charge in [0.05, 0.1) is 6.42 Å². The molecule has 2 amide bonds. The van der Waals surface area contributed by atoms with Gasteiger partial charge in [-0.2, -0.15) is 4.98 Å². The summed E-state index contributed by atoms with van der Waals surface area (Å²) < 4.78 is 1.46. The standard InChI is InChI=1S/C13H13N5O2S/c1-21-13-16-12-15-10(19)7-9(18(12)17-13)11(20)14-8-5-3-2-4-6-8/h2-6,9H,7H2,1H3,(H,14,20)(H,15,16,17,19). The zero-order valence-corrected chi connectivity index (χ0v) is 12.1. The molecule has 1 aliphatic heterocycles. The second-order valence-electron chi connectivity index (χ2n) is 4.49. The number of amides is 2. The molecule has 0 saturated heterocycles. The first-order valence-corrected chi connectivity index (χ1v) is 7.56. The van der Waals surface area contributed by atoms with Gasteiger partial charge in [0.25, 0.3) is 0 Å². The normalized spacial score (nSPS) is 17.0. The van der Waals surface area contributed by atoms with Crippen molar-refractivity contribution in [2.45, 2.75) is 17.6 Å². The number of aromatic nitrogens is 3. The number of carbonyl (C=O) groups excluding carboxylic acids is 2. The average Bonchev–Trinajstić information content (AvgIpc) is 2.90. The van der Waals surface area contributed by atoms with Crippen LogP contribution in [0.15, 0.2) is 35.5 Å². The third kappa shape index (κ3) is 2.75. The summed E-state index contributed by atoms with van der Waals surface area (Å²) in [6.45, 7) is 0. The summed E-state index contributed by atoms with van der Waals surface area (Å²) in [4.78, 5) is 28.3. The van der Waals surface area contributed by atoms with Crippen LogP contribution >= 0.6 is 11.8 Å². The molecule has 8 heteroatoms. The summed E-state index contributed by atoms with van der Waals surface area (Å²) in [5.41, 5.74) is 0.681. The number of hydrogen-bond acceptors (Lipinski definition) is 5. The number of nitrogens with one attached hydrogen (secondary N) is 2. The third-order valence-electron chi connectivity index (χ3n) is 3.06. The molecule has 2 heterocycles. The number of para-hydroxylation sites is 1. The zero-order valence-electron chi connectivity index (χ0n) is 11.2. The first-order chi connectivity index (χ1) is 10.2. The molecule has 0 aliphatic carbocycles. The lowest BCUT2D eigenvalue weighted by Crippen LogP contribution is -2.36. The molecule has 0 fully saturated rings. The van der Waals surface area contributed by atoms with E-state index < -0.39 is 6.04 Å². The van der Waals surface area contributed by atoms with Crippen LogP contribution in [0.1, 0.15) is 12.5 Å². The van der Waals surface area contributed by atoms with Crippen molar-refractivity contribution in [2.24, 2.45) is 0 Å². The van der Waals surface area contributed by atoms with Crippen LogP contribution in [0.5, 0.6) is 0 Å². The van der Waals surface area contributed by atoms with Gasteiger partial charge in [-0.3, -0.25) is 14.9 Å². The predicted molar refractivity (Wildman–Crippen MR) is 79.2 cm³/mol. The molecule has 1 unspecified atom stereocenters. The maximum atomic E-state index is 12.4. The summed E-state index contributed by atoms with van der Waals surface area (Å²) in [5.74, 6) is -0.213. The number of nitrogens with zero attached hydrogens (tertiary/aromatic N) is 3. The molecule has 1 atom stereocenters. The molecule has 0 bridgehead atoms. The molecule has 0 spiro atoms. The van der Waals surface area contributed by atoms with Gasteiger partial charge in [0.2, 0.25) is 22.9 Å². The van der Waals surface area contributed by atoms with Gasteiger partial charge in [0, 0.05) is 5.69 Å². The SMILES string of the molecule is CSc1nc2n(n1)C(C(=O)Nc1ccccc1)CC(=O)N2. The van der Waals surface area contributed by atoms with Gasteiger partial charge in [0.15, 0.2) is 0 Å². The van der Waals surface area contributed by atoms with E-state index in [1.807, 2.05) is 24.5 Å². The summed E-state index contributed by atoms with van der Waals surface area (Å²) in [6.07, 6.45) is 1.88. The molecule has 0 saturated carbocycles. The van der Waals surface area contributed by atoms with Crippen molar-refractivity contribution in [3.8, 4) is 0 Å². The molecule has 1 aromatic carbocycles. The van der Waals surface area contributed by atoms with Crippen molar-refractivity contribution in [2.75, 3.05) is 16.9 Å². The van der Waals surface area contributed by atoms with Crippen LogP contribution in [0.4, 0.5) is 11.6 Å². The van der Waals surface area contributed by atoms with Crippen molar-refractivity contribution in [3.63, 3.8) is 0 Å². The highest BCUT2D eigenvalue weighted by Crippen LogP contribution is 2.26. The molecular weight excluding hydrogens is 290 g/mol. The monoisotopic (exact) mass is 303 g/mol. The highest BCUT2D eigenvalue weighted by molar-refractivity contribution is 7.98. The molecule has 2 N–H and O–H groups in total. The van der Waals surface area contributed by atoms with E-state index in [1.54, 1.807) is 12.1 Å². The fourth-order valence-electron chi connectivity index (χ4n) is 2.08. The smallest absolute Gasteiger partial charge is 0.249 e. The lowest BCUT2D eigenvalue weighted by atomic mass is 10.1. The summed E-state index contributed by atoms with van der Waals surface area (Å²) in [5, 5.41) is 10.2. The van der Waals surface area contributed by atoms with E-state index in [2.05, 4.69) is 20.7 Å². The van der Waals surface area contributed by atoms with E-state index in [-0.39, 0.29) is 18.2 Å². The van der Waals surface area contributed by atoms with Gasteiger partial charge in [-0.15, -0.1) is 5.10 Å². The fraction of sp³-hybridized carbons (Fsp3) is 0.231. The molecule has 1 aliphatic rings. The first-order valence-electron chi connectivity index (χ1n) is 6.33. The van der Waals surface area contributed by atoms with E-state index >= 15 is 0 Å². The average molecular weight is 303 g/mol. The van der Waals surface area contributed by atoms with Gasteiger partial charge >= 0.3 is 0 Å². The first kappa shape index (κ1) is 13.6. The second-order valence-corrected chi connectivity index (χ2v) is 5.26. The van der Waals surface area contributed by atoms with E-state index in [4.69, 9.17) is 0 Å². The number of thioether (sulfide) groups is 1. The van der Waals surface area contributed by atoms with Crippen molar-refractivity contribution < 1.29 is 9.59 Å². The Morgan fingerprint density at radius 2 is 2.19 bits per heavy atom. The Bertz CT molecular complexity index is 685. The van der Waals surface area contributed by atoms with E-state index in [1.165, 1.54) is 16.4 Å². The van der Waals surface area contributed by atoms with Gasteiger partial charge in [-0.1, -0.05) is 30.0 Å². The van der Waals surface area contributed by atoms with Crippen molar-refractivity contribution >= 4 is 35.2 Å². The lowest BCUT2D eigenvalue weighted by Gasteiger charge is -2.22. The molecular formula is C13H13N5O2S. The number of carbonyl (C=O) groups is 2. The molecule has 2 aromatic rings. The van der Waals surface area contributed by atoms with Crippen LogP contribution in [0.3, 0.4) is 0 Å². The van der Waals surface area contributed by atoms with Gasteiger partial charge in [-0.25, -0.2) is 4.68 Å². The quantitative estimate of drug-likeness (QED) is 0.839. The van der Waals surface area contributed by atoms with E-state index in [9.17, 15) is 9.59 Å². The molecule has 7 nitrogen and oxygen atoms in total. The highest BCUT2D eigenvalue weighted by atomic mass is 32.2. The van der Waals surface area contributed by atoms with Gasteiger partial charge in [-0.05, 0) is 18.4 Å². The minimum Gasteiger partial charge on any atom is -0.324 e. The van der Waals surface area contributed by atoms with Crippen LogP contribution in [-0.2, 0) is 9.59 Å². The molecule has 1 aromatic heterocycles. The lowest BCUT2D eigenvalue weighted by molar-refractivity contribution is -0.125. The molecule has 21 heavy (non-hydrogen) atoms. The highest BCUT2D eigenvalue weighted by Gasteiger charge is 2.33. The van der Waals surface area contributed by atoms with E-state index in [0.29, 0.717) is 16.8 Å². The van der Waals surface area contributed by atoms with Crippen LogP contribution in [0.25, 0.3) is 0 Å². The van der Waals surface area contributed by atoms with Crippen molar-refractivity contribution in [1.29, 1.82) is 0 Å². The van der Waals surface area contributed by atoms with Crippen LogP contribution in [0, 0.1) is 0 Å². The Balaban J connectivity index is 1.86. The third-order valence-corrected chi connectivity index (χ3v) is 3.60. The van der Waals surface area contributed by atoms with Crippen molar-refractivity contribution in [3.05, 3.63) is 30.3 Å². The number of rotatable bonds is 3. The largest absolute Gasteiger partial charge is 0.324 e. The summed E-state index contributed by atoms with van der Waals surface area (Å²) in [7, 11) is 0. The number of fused-ring (bicyclic) bond motifs is 1. The Kier molecular flexibility index (Phi) is 3.61.